The number of nitriles is 1. The number of amides is 1. The first-order valence-electron chi connectivity index (χ1n) is 8.46. The maximum Gasteiger partial charge on any atom is 0.249 e. The van der Waals surface area contributed by atoms with Gasteiger partial charge in [-0.2, -0.15) is 5.26 Å². The van der Waals surface area contributed by atoms with Crippen LogP contribution in [0.15, 0.2) is 18.2 Å². The second kappa shape index (κ2) is 7.29. The summed E-state index contributed by atoms with van der Waals surface area (Å²) in [5.74, 6) is -0.637. The summed E-state index contributed by atoms with van der Waals surface area (Å²) >= 11 is 0. The number of carbonyl (C=O) groups excluding carboxylic acids is 1. The average molecular weight is 331 g/mol. The Labute approximate surface area is 141 Å². The largest absolute Gasteiger partial charge is 0.383 e. The average Bonchev–Trinajstić information content (AvgIpc) is 3.39. The molecule has 1 aromatic rings. The molecule has 6 heteroatoms. The molecule has 1 saturated heterocycles. The number of aliphatic hydroxyl groups excluding tert-OH is 1. The number of nitrogens with one attached hydrogen (secondary N) is 1. The van der Waals surface area contributed by atoms with E-state index in [2.05, 4.69) is 16.3 Å². The van der Waals surface area contributed by atoms with E-state index in [0.29, 0.717) is 17.7 Å². The number of carbonyl (C=O) groups is 1. The van der Waals surface area contributed by atoms with Gasteiger partial charge in [0.05, 0.1) is 11.6 Å². The number of aliphatic hydroxyl groups is 1. The van der Waals surface area contributed by atoms with Crippen molar-refractivity contribution in [2.45, 2.75) is 44.4 Å². The standard InChI is InChI=1S/C18H22FN3O2/c19-15-2-1-13(10-20)14(9-15)11-22-7-5-12(6-8-22)17(23)18(24)21-16-3-4-16/h1-2,9,12,16-17,23H,3-8,11H2,(H,21,24)/t17-/m0/s1. The molecule has 1 aliphatic carbocycles. The van der Waals surface area contributed by atoms with Gasteiger partial charge in [0.2, 0.25) is 5.91 Å². The van der Waals surface area contributed by atoms with Crippen molar-refractivity contribution in [1.82, 2.24) is 10.2 Å². The maximum absolute atomic E-state index is 13.4. The molecule has 1 aromatic carbocycles. The lowest BCUT2D eigenvalue weighted by Crippen LogP contribution is -2.45. The minimum atomic E-state index is -0.948. The van der Waals surface area contributed by atoms with Crippen molar-refractivity contribution < 1.29 is 14.3 Å². The Bertz CT molecular complexity index is 646. The maximum atomic E-state index is 13.4. The highest BCUT2D eigenvalue weighted by molar-refractivity contribution is 5.81. The molecule has 0 bridgehead atoms. The molecule has 128 valence electrons. The molecule has 0 unspecified atom stereocenters. The van der Waals surface area contributed by atoms with E-state index in [1.807, 2.05) is 0 Å². The number of benzene rings is 1. The predicted octanol–water partition coefficient (Wildman–Crippen LogP) is 1.55. The normalized spacial score (nSPS) is 20.4. The molecule has 2 aliphatic rings. The van der Waals surface area contributed by atoms with Gasteiger partial charge in [-0.25, -0.2) is 4.39 Å². The minimum absolute atomic E-state index is 0.0389. The molecule has 0 radical (unpaired) electrons. The topological polar surface area (TPSA) is 76.4 Å². The molecule has 2 fully saturated rings. The summed E-state index contributed by atoms with van der Waals surface area (Å²) in [6, 6.07) is 6.55. The zero-order chi connectivity index (χ0) is 17.1. The Kier molecular flexibility index (Phi) is 5.12. The Hall–Kier alpha value is -1.97. The molecule has 5 nitrogen and oxygen atoms in total. The smallest absolute Gasteiger partial charge is 0.249 e. The fourth-order valence-electron chi connectivity index (χ4n) is 3.20. The van der Waals surface area contributed by atoms with E-state index >= 15 is 0 Å². The first kappa shape index (κ1) is 16.9. The fourth-order valence-corrected chi connectivity index (χ4v) is 3.20. The molecule has 0 aromatic heterocycles. The number of rotatable bonds is 5. The van der Waals surface area contributed by atoms with Crippen LogP contribution >= 0.6 is 0 Å². The molecular weight excluding hydrogens is 309 g/mol. The minimum Gasteiger partial charge on any atom is -0.383 e. The van der Waals surface area contributed by atoms with Crippen LogP contribution in [0.3, 0.4) is 0 Å². The van der Waals surface area contributed by atoms with Crippen LogP contribution in [-0.2, 0) is 11.3 Å². The van der Waals surface area contributed by atoms with Crippen LogP contribution < -0.4 is 5.32 Å². The van der Waals surface area contributed by atoms with E-state index in [1.54, 1.807) is 0 Å². The van der Waals surface area contributed by atoms with Gasteiger partial charge in [0, 0.05) is 12.6 Å². The fraction of sp³-hybridized carbons (Fsp3) is 0.556. The molecule has 1 aliphatic heterocycles. The number of likely N-dealkylation sites (tertiary alicyclic amines) is 1. The Morgan fingerprint density at radius 3 is 2.71 bits per heavy atom. The molecule has 1 atom stereocenters. The van der Waals surface area contributed by atoms with Gasteiger partial charge in [-0.05, 0) is 68.5 Å². The van der Waals surface area contributed by atoms with E-state index in [4.69, 9.17) is 5.26 Å². The number of hydrogen-bond acceptors (Lipinski definition) is 4. The number of halogens is 1. The van der Waals surface area contributed by atoms with Crippen LogP contribution in [0.2, 0.25) is 0 Å². The molecule has 3 rings (SSSR count). The third kappa shape index (κ3) is 4.11. The molecule has 24 heavy (non-hydrogen) atoms. The second-order valence-corrected chi connectivity index (χ2v) is 6.75. The van der Waals surface area contributed by atoms with E-state index < -0.39 is 6.10 Å². The molecule has 1 heterocycles. The Morgan fingerprint density at radius 1 is 1.38 bits per heavy atom. The summed E-state index contributed by atoms with van der Waals surface area (Å²) in [5.41, 5.74) is 1.17. The van der Waals surface area contributed by atoms with Crippen LogP contribution in [0.25, 0.3) is 0 Å². The summed E-state index contributed by atoms with van der Waals surface area (Å²) < 4.78 is 13.4. The van der Waals surface area contributed by atoms with Crippen LogP contribution in [0.5, 0.6) is 0 Å². The first-order valence-corrected chi connectivity index (χ1v) is 8.46. The molecule has 1 saturated carbocycles. The van der Waals surface area contributed by atoms with Gasteiger partial charge in [-0.1, -0.05) is 0 Å². The van der Waals surface area contributed by atoms with Gasteiger partial charge in [-0.3, -0.25) is 9.69 Å². The van der Waals surface area contributed by atoms with Crippen LogP contribution in [0.4, 0.5) is 4.39 Å². The van der Waals surface area contributed by atoms with E-state index in [9.17, 15) is 14.3 Å². The first-order chi connectivity index (χ1) is 11.6. The van der Waals surface area contributed by atoms with Crippen LogP contribution in [0, 0.1) is 23.1 Å². The highest BCUT2D eigenvalue weighted by Gasteiger charge is 2.33. The van der Waals surface area contributed by atoms with Crippen molar-refractivity contribution in [3.8, 4) is 6.07 Å². The van der Waals surface area contributed by atoms with Crippen molar-refractivity contribution in [3.63, 3.8) is 0 Å². The SMILES string of the molecule is N#Cc1ccc(F)cc1CN1CCC([C@H](O)C(=O)NC2CC2)CC1. The van der Waals surface area contributed by atoms with Crippen molar-refractivity contribution in [3.05, 3.63) is 35.1 Å². The van der Waals surface area contributed by atoms with Crippen LogP contribution in [-0.4, -0.2) is 41.1 Å². The van der Waals surface area contributed by atoms with Crippen molar-refractivity contribution in [1.29, 1.82) is 5.26 Å². The van der Waals surface area contributed by atoms with E-state index in [0.717, 1.165) is 38.8 Å². The van der Waals surface area contributed by atoms with E-state index in [-0.39, 0.29) is 23.7 Å². The molecular formula is C18H22FN3O2. The lowest BCUT2D eigenvalue weighted by Gasteiger charge is -2.33. The van der Waals surface area contributed by atoms with Crippen LogP contribution in [0.1, 0.15) is 36.8 Å². The third-order valence-corrected chi connectivity index (χ3v) is 4.85. The summed E-state index contributed by atoms with van der Waals surface area (Å²) in [4.78, 5) is 14.1. The summed E-state index contributed by atoms with van der Waals surface area (Å²) in [6.45, 7) is 1.96. The predicted molar refractivity (Wildman–Crippen MR) is 86.3 cm³/mol. The second-order valence-electron chi connectivity index (χ2n) is 6.75. The Balaban J connectivity index is 1.52. The number of nitrogens with zero attached hydrogens (tertiary/aromatic N) is 2. The van der Waals surface area contributed by atoms with E-state index in [1.165, 1.54) is 18.2 Å². The summed E-state index contributed by atoms with van der Waals surface area (Å²) in [7, 11) is 0. The number of hydrogen-bond donors (Lipinski definition) is 2. The Morgan fingerprint density at radius 2 is 2.08 bits per heavy atom. The zero-order valence-electron chi connectivity index (χ0n) is 13.5. The highest BCUT2D eigenvalue weighted by Crippen LogP contribution is 2.25. The molecule has 0 spiro atoms. The summed E-state index contributed by atoms with van der Waals surface area (Å²) in [5, 5.41) is 22.2. The van der Waals surface area contributed by atoms with Gasteiger partial charge in [-0.15, -0.1) is 0 Å². The highest BCUT2D eigenvalue weighted by atomic mass is 19.1. The molecule has 2 N–H and O–H groups in total. The van der Waals surface area contributed by atoms with Crippen molar-refractivity contribution >= 4 is 5.91 Å². The quantitative estimate of drug-likeness (QED) is 0.858. The van der Waals surface area contributed by atoms with Gasteiger partial charge < -0.3 is 10.4 Å². The van der Waals surface area contributed by atoms with Gasteiger partial charge in [0.25, 0.3) is 0 Å². The monoisotopic (exact) mass is 331 g/mol. The van der Waals surface area contributed by atoms with Crippen molar-refractivity contribution in [2.24, 2.45) is 5.92 Å². The van der Waals surface area contributed by atoms with Gasteiger partial charge in [0.15, 0.2) is 0 Å². The zero-order valence-corrected chi connectivity index (χ0v) is 13.5. The lowest BCUT2D eigenvalue weighted by atomic mass is 9.90. The third-order valence-electron chi connectivity index (χ3n) is 4.85. The number of piperidine rings is 1. The molecule has 1 amide bonds. The van der Waals surface area contributed by atoms with Crippen molar-refractivity contribution in [2.75, 3.05) is 13.1 Å². The lowest BCUT2D eigenvalue weighted by molar-refractivity contribution is -0.133. The van der Waals surface area contributed by atoms with Gasteiger partial charge >= 0.3 is 0 Å². The summed E-state index contributed by atoms with van der Waals surface area (Å²) in [6.07, 6.45) is 2.50. The van der Waals surface area contributed by atoms with Gasteiger partial charge in [0.1, 0.15) is 11.9 Å².